The lowest BCUT2D eigenvalue weighted by Crippen LogP contribution is -2.82. The van der Waals surface area contributed by atoms with E-state index in [4.69, 9.17) is 23.7 Å². The molecule has 11 atom stereocenters. The summed E-state index contributed by atoms with van der Waals surface area (Å²) in [4.78, 5) is 84.3. The first-order valence-electron chi connectivity index (χ1n) is 20.5. The van der Waals surface area contributed by atoms with E-state index in [1.807, 2.05) is 0 Å². The fourth-order valence-electron chi connectivity index (χ4n) is 10.0. The Bertz CT molecular complexity index is 2260. The zero-order valence-corrected chi connectivity index (χ0v) is 36.0. The second-order valence-electron chi connectivity index (χ2n) is 17.2. The third-order valence-corrected chi connectivity index (χ3v) is 14.4. The van der Waals surface area contributed by atoms with E-state index in [0.717, 1.165) is 6.92 Å². The molecule has 4 N–H and O–H groups in total. The highest BCUT2D eigenvalue weighted by molar-refractivity contribution is 7.10. The second kappa shape index (κ2) is 16.8. The largest absolute Gasteiger partial charge is 0.456 e. The average molecular weight is 874 g/mol. The Hall–Kier alpha value is -5.26. The van der Waals surface area contributed by atoms with Gasteiger partial charge in [-0.3, -0.25) is 19.2 Å². The summed E-state index contributed by atoms with van der Waals surface area (Å²) in [6.45, 7) is 8.47. The summed E-state index contributed by atoms with van der Waals surface area (Å²) in [7, 11) is 0. The van der Waals surface area contributed by atoms with Crippen molar-refractivity contribution in [1.82, 2.24) is 5.32 Å². The van der Waals surface area contributed by atoms with Crippen LogP contribution < -0.4 is 5.32 Å². The van der Waals surface area contributed by atoms with Gasteiger partial charge in [0.05, 0.1) is 29.6 Å². The third kappa shape index (κ3) is 7.34. The van der Waals surface area contributed by atoms with Gasteiger partial charge in [0.25, 0.3) is 5.91 Å². The van der Waals surface area contributed by atoms with Crippen molar-refractivity contribution in [3.8, 4) is 0 Å². The van der Waals surface area contributed by atoms with Crippen LogP contribution in [-0.4, -0.2) is 105 Å². The smallest absolute Gasteiger partial charge is 0.338 e. The van der Waals surface area contributed by atoms with Gasteiger partial charge in [-0.05, 0) is 60.7 Å². The highest BCUT2D eigenvalue weighted by Gasteiger charge is 2.78. The van der Waals surface area contributed by atoms with E-state index < -0.39 is 113 Å². The minimum Gasteiger partial charge on any atom is -0.456 e. The van der Waals surface area contributed by atoms with E-state index in [0.29, 0.717) is 4.88 Å². The van der Waals surface area contributed by atoms with Crippen LogP contribution in [0, 0.1) is 16.7 Å². The Morgan fingerprint density at radius 2 is 1.58 bits per heavy atom. The highest BCUT2D eigenvalue weighted by Crippen LogP contribution is 2.64. The van der Waals surface area contributed by atoms with Gasteiger partial charge in [0.15, 0.2) is 23.6 Å². The van der Waals surface area contributed by atoms with Gasteiger partial charge in [-0.1, -0.05) is 63.2 Å². The van der Waals surface area contributed by atoms with E-state index in [9.17, 15) is 39.3 Å². The van der Waals surface area contributed by atoms with Crippen molar-refractivity contribution in [1.29, 1.82) is 0 Å². The average Bonchev–Trinajstić information content (AvgIpc) is 3.79. The molecule has 3 aliphatic carbocycles. The van der Waals surface area contributed by atoms with Gasteiger partial charge >= 0.3 is 23.9 Å². The van der Waals surface area contributed by atoms with Crippen LogP contribution in [0.4, 0.5) is 0 Å². The first-order chi connectivity index (χ1) is 29.3. The van der Waals surface area contributed by atoms with Crippen LogP contribution in [0.3, 0.4) is 0 Å². The Morgan fingerprint density at radius 3 is 2.15 bits per heavy atom. The number of fused-ring (bicyclic) bond motifs is 5. The molecule has 1 amide bonds. The summed E-state index contributed by atoms with van der Waals surface area (Å²) in [5.74, 6) is -6.69. The number of esters is 4. The number of nitrogens with one attached hydrogen (secondary N) is 1. The number of carbonyl (C=O) groups excluding carboxylic acids is 6. The molecule has 330 valence electrons. The molecule has 1 saturated heterocycles. The molecule has 2 bridgehead atoms. The number of hydrogen-bond donors (Lipinski definition) is 4. The molecule has 62 heavy (non-hydrogen) atoms. The SMILES string of the molecule is CCC(=O)O[C@H]1C(=O)[C@]2(C)C(O)C[C@H]3OC[C@@]3(OC(C)=O)C2C(OC(=O)c2ccccc2)[C@]2(O)C[C@H](OC(=O)[C@H](O)[C@@H](NC(=O)c3ccccc3)c3cccs3)C(C)=C1C2(C)C. The van der Waals surface area contributed by atoms with E-state index in [-0.39, 0.29) is 41.7 Å². The summed E-state index contributed by atoms with van der Waals surface area (Å²) in [6, 6.07) is 18.1. The number of ketones is 1. The normalized spacial score (nSPS) is 31.9. The molecule has 7 rings (SSSR count). The molecule has 2 saturated carbocycles. The number of aliphatic hydroxyl groups excluding tert-OH is 2. The summed E-state index contributed by atoms with van der Waals surface area (Å²) >= 11 is 1.18. The molecular weight excluding hydrogens is 823 g/mol. The fraction of sp³-hybridized carbons (Fsp3) is 0.478. The predicted molar refractivity (Wildman–Crippen MR) is 220 cm³/mol. The quantitative estimate of drug-likeness (QED) is 0.121. The maximum atomic E-state index is 15.6. The standard InChI is InChI=1S/C46H51NO14S/c1-7-32(50)59-36-33-24(2)28(58-42(55)35(51)34(29-19-14-20-62-29)47-40(53)26-15-10-8-11-16-26)22-46(56,43(33,4)5)39(60-41(54)27-17-12-9-13-18-27)37-44(6,38(36)52)30(49)21-31-45(37,23-57-31)61-25(3)48/h8-20,28,30-31,34-37,39,49,51,56H,7,21-23H2,1-6H3,(H,47,53)/t28-,30?,31+,34-,35+,36+,37?,39?,44+,45-,46+/m0/s1. The molecule has 2 aromatic carbocycles. The van der Waals surface area contributed by atoms with Gasteiger partial charge in [0.1, 0.15) is 30.0 Å². The molecule has 0 radical (unpaired) electrons. The minimum absolute atomic E-state index is 0.0127. The lowest BCUT2D eigenvalue weighted by atomic mass is 9.44. The Labute approximate surface area is 362 Å². The molecular formula is C46H51NO14S. The van der Waals surface area contributed by atoms with Crippen LogP contribution in [0.25, 0.3) is 0 Å². The number of benzene rings is 2. The first-order valence-corrected chi connectivity index (χ1v) is 21.4. The molecule has 3 unspecified atom stereocenters. The second-order valence-corrected chi connectivity index (χ2v) is 18.2. The summed E-state index contributed by atoms with van der Waals surface area (Å²) in [5, 5.41) is 42.0. The maximum Gasteiger partial charge on any atom is 0.338 e. The van der Waals surface area contributed by atoms with Gasteiger partial charge in [-0.15, -0.1) is 11.3 Å². The van der Waals surface area contributed by atoms with Crippen LogP contribution in [0.2, 0.25) is 0 Å². The van der Waals surface area contributed by atoms with Crippen molar-refractivity contribution < 1.29 is 67.8 Å². The molecule has 4 aliphatic rings. The molecule has 3 fully saturated rings. The highest BCUT2D eigenvalue weighted by atomic mass is 32.1. The molecule has 15 nitrogen and oxygen atoms in total. The summed E-state index contributed by atoms with van der Waals surface area (Å²) in [5.41, 5.74) is -7.32. The van der Waals surface area contributed by atoms with Crippen molar-refractivity contribution in [2.24, 2.45) is 16.7 Å². The van der Waals surface area contributed by atoms with Crippen LogP contribution in [-0.2, 0) is 42.9 Å². The van der Waals surface area contributed by atoms with Crippen LogP contribution in [0.15, 0.2) is 89.3 Å². The number of Topliss-reactive ketones (excluding diaryl/α,β-unsaturated/α-hetero) is 1. The molecule has 16 heteroatoms. The third-order valence-electron chi connectivity index (χ3n) is 13.4. The van der Waals surface area contributed by atoms with Crippen LogP contribution in [0.5, 0.6) is 0 Å². The Balaban J connectivity index is 1.39. The Kier molecular flexibility index (Phi) is 12.1. The number of ether oxygens (including phenoxy) is 5. The van der Waals surface area contributed by atoms with Gasteiger partial charge in [0, 0.05) is 42.0 Å². The minimum atomic E-state index is -2.38. The zero-order chi connectivity index (χ0) is 44.9. The fourth-order valence-corrected chi connectivity index (χ4v) is 10.8. The van der Waals surface area contributed by atoms with Crippen LogP contribution in [0.1, 0.15) is 92.4 Å². The number of amides is 1. The van der Waals surface area contributed by atoms with E-state index in [2.05, 4.69) is 5.32 Å². The lowest BCUT2D eigenvalue weighted by molar-refractivity contribution is -0.346. The van der Waals surface area contributed by atoms with Gasteiger partial charge in [0.2, 0.25) is 0 Å². The molecule has 1 aromatic heterocycles. The van der Waals surface area contributed by atoms with E-state index in [1.165, 1.54) is 44.2 Å². The maximum absolute atomic E-state index is 15.6. The van der Waals surface area contributed by atoms with Crippen molar-refractivity contribution in [3.63, 3.8) is 0 Å². The summed E-state index contributed by atoms with van der Waals surface area (Å²) in [6.07, 6.45) is -10.6. The number of aliphatic hydroxyl groups is 3. The van der Waals surface area contributed by atoms with Crippen molar-refractivity contribution in [2.45, 2.75) is 115 Å². The number of thiophene rings is 1. The van der Waals surface area contributed by atoms with Gasteiger partial charge in [-0.25, -0.2) is 9.59 Å². The molecule has 2 heterocycles. The van der Waals surface area contributed by atoms with E-state index in [1.54, 1.807) is 79.9 Å². The Morgan fingerprint density at radius 1 is 0.935 bits per heavy atom. The van der Waals surface area contributed by atoms with Crippen LogP contribution >= 0.6 is 11.3 Å². The molecule has 3 aromatic rings. The van der Waals surface area contributed by atoms with Crippen molar-refractivity contribution >= 4 is 46.9 Å². The van der Waals surface area contributed by atoms with Gasteiger partial charge in [-0.2, -0.15) is 0 Å². The summed E-state index contributed by atoms with van der Waals surface area (Å²) < 4.78 is 30.5. The molecule has 1 aliphatic heterocycles. The van der Waals surface area contributed by atoms with Crippen molar-refractivity contribution in [2.75, 3.05) is 6.61 Å². The van der Waals surface area contributed by atoms with Gasteiger partial charge < -0.3 is 44.3 Å². The number of rotatable bonds is 11. The zero-order valence-electron chi connectivity index (χ0n) is 35.2. The topological polar surface area (TPSA) is 221 Å². The number of carbonyl (C=O) groups is 6. The predicted octanol–water partition coefficient (Wildman–Crippen LogP) is 4.19. The molecule has 0 spiro atoms. The number of hydrogen-bond acceptors (Lipinski definition) is 15. The van der Waals surface area contributed by atoms with Crippen molar-refractivity contribution in [3.05, 3.63) is 105 Å². The van der Waals surface area contributed by atoms with E-state index >= 15 is 4.79 Å². The first kappa shape index (κ1) is 44.8. The monoisotopic (exact) mass is 873 g/mol. The lowest BCUT2D eigenvalue weighted by Gasteiger charge is -2.67.